The van der Waals surface area contributed by atoms with Crippen molar-refractivity contribution in [3.8, 4) is 0 Å². The van der Waals surface area contributed by atoms with E-state index in [0.717, 1.165) is 27.7 Å². The SMILES string of the molecule is Cc1ccc2cc(C(=O)N3CSCC3C(=O)Nc3ccc(C)c(C)c3)c(C)nc2c1. The van der Waals surface area contributed by atoms with Crippen LogP contribution in [0.1, 0.15) is 32.7 Å². The molecule has 1 aliphatic rings. The monoisotopic (exact) mass is 419 g/mol. The highest BCUT2D eigenvalue weighted by Crippen LogP contribution is 2.27. The third kappa shape index (κ3) is 3.92. The van der Waals surface area contributed by atoms with Crippen LogP contribution in [0.4, 0.5) is 5.69 Å². The Hall–Kier alpha value is -2.86. The van der Waals surface area contributed by atoms with Crippen molar-refractivity contribution in [3.63, 3.8) is 0 Å². The van der Waals surface area contributed by atoms with E-state index in [9.17, 15) is 9.59 Å². The molecule has 1 atom stereocenters. The molecule has 0 spiro atoms. The van der Waals surface area contributed by atoms with Crippen molar-refractivity contribution >= 4 is 40.2 Å². The summed E-state index contributed by atoms with van der Waals surface area (Å²) in [6.45, 7) is 7.93. The minimum absolute atomic E-state index is 0.146. The molecule has 30 heavy (non-hydrogen) atoms. The van der Waals surface area contributed by atoms with E-state index in [-0.39, 0.29) is 11.8 Å². The molecule has 3 aromatic rings. The fourth-order valence-electron chi connectivity index (χ4n) is 3.65. The zero-order valence-corrected chi connectivity index (χ0v) is 18.5. The third-order valence-corrected chi connectivity index (χ3v) is 6.63. The quantitative estimate of drug-likeness (QED) is 0.673. The van der Waals surface area contributed by atoms with Crippen molar-refractivity contribution in [2.24, 2.45) is 0 Å². The summed E-state index contributed by atoms with van der Waals surface area (Å²) < 4.78 is 0. The smallest absolute Gasteiger partial charge is 0.257 e. The number of rotatable bonds is 3. The van der Waals surface area contributed by atoms with Gasteiger partial charge in [0.1, 0.15) is 6.04 Å². The Balaban J connectivity index is 1.58. The van der Waals surface area contributed by atoms with Crippen LogP contribution in [0.3, 0.4) is 0 Å². The second-order valence-electron chi connectivity index (χ2n) is 7.90. The van der Waals surface area contributed by atoms with Gasteiger partial charge in [-0.05, 0) is 68.7 Å². The fraction of sp³-hybridized carbons (Fsp3) is 0.292. The lowest BCUT2D eigenvalue weighted by molar-refractivity contribution is -0.119. The Kier molecular flexibility index (Phi) is 5.52. The van der Waals surface area contributed by atoms with Gasteiger partial charge >= 0.3 is 0 Å². The molecule has 1 fully saturated rings. The van der Waals surface area contributed by atoms with Gasteiger partial charge in [-0.3, -0.25) is 14.6 Å². The number of amides is 2. The third-order valence-electron chi connectivity index (χ3n) is 5.61. The molecule has 1 unspecified atom stereocenters. The van der Waals surface area contributed by atoms with Crippen LogP contribution in [0.15, 0.2) is 42.5 Å². The molecule has 5 nitrogen and oxygen atoms in total. The standard InChI is InChI=1S/C24H25N3O2S/c1-14-5-7-18-11-20(17(4)25-21(18)9-14)24(29)27-13-30-12-22(27)23(28)26-19-8-6-15(2)16(3)10-19/h5-11,22H,12-13H2,1-4H3,(H,26,28). The Labute approximate surface area is 180 Å². The number of hydrogen-bond acceptors (Lipinski definition) is 4. The van der Waals surface area contributed by atoms with Gasteiger partial charge in [0, 0.05) is 16.8 Å². The first-order chi connectivity index (χ1) is 14.3. The molecule has 2 amide bonds. The van der Waals surface area contributed by atoms with Crippen molar-refractivity contribution in [1.29, 1.82) is 0 Å². The summed E-state index contributed by atoms with van der Waals surface area (Å²) in [6.07, 6.45) is 0. The highest BCUT2D eigenvalue weighted by Gasteiger charge is 2.36. The number of carbonyl (C=O) groups excluding carboxylic acids is 2. The number of anilines is 1. The van der Waals surface area contributed by atoms with E-state index in [1.807, 2.05) is 70.2 Å². The lowest BCUT2D eigenvalue weighted by atomic mass is 10.1. The number of fused-ring (bicyclic) bond motifs is 1. The minimum atomic E-state index is -0.503. The van der Waals surface area contributed by atoms with Crippen molar-refractivity contribution < 1.29 is 9.59 Å². The van der Waals surface area contributed by atoms with Gasteiger partial charge in [0.25, 0.3) is 5.91 Å². The first-order valence-electron chi connectivity index (χ1n) is 9.98. The maximum atomic E-state index is 13.3. The molecule has 0 aliphatic carbocycles. The number of hydrogen-bond donors (Lipinski definition) is 1. The van der Waals surface area contributed by atoms with E-state index in [1.54, 1.807) is 16.7 Å². The average molecular weight is 420 g/mol. The van der Waals surface area contributed by atoms with E-state index in [4.69, 9.17) is 0 Å². The molecule has 1 saturated heterocycles. The van der Waals surface area contributed by atoms with E-state index < -0.39 is 6.04 Å². The summed E-state index contributed by atoms with van der Waals surface area (Å²) in [7, 11) is 0. The number of thioether (sulfide) groups is 1. The molecule has 1 N–H and O–H groups in total. The van der Waals surface area contributed by atoms with E-state index in [1.165, 1.54) is 5.56 Å². The predicted molar refractivity (Wildman–Crippen MR) is 123 cm³/mol. The Morgan fingerprint density at radius 1 is 1.03 bits per heavy atom. The Bertz CT molecular complexity index is 1160. The van der Waals surface area contributed by atoms with Gasteiger partial charge in [-0.25, -0.2) is 0 Å². The number of nitrogens with zero attached hydrogens (tertiary/aromatic N) is 2. The second-order valence-corrected chi connectivity index (χ2v) is 8.90. The molecule has 2 aromatic carbocycles. The number of benzene rings is 2. The topological polar surface area (TPSA) is 62.3 Å². The Morgan fingerprint density at radius 3 is 2.60 bits per heavy atom. The molecule has 0 saturated carbocycles. The van der Waals surface area contributed by atoms with Gasteiger partial charge in [0.2, 0.25) is 5.91 Å². The van der Waals surface area contributed by atoms with Crippen molar-refractivity contribution in [2.75, 3.05) is 16.9 Å². The molecule has 0 bridgehead atoms. The number of pyridine rings is 1. The number of aryl methyl sites for hydroxylation is 4. The predicted octanol–water partition coefficient (Wildman–Crippen LogP) is 4.62. The first-order valence-corrected chi connectivity index (χ1v) is 11.1. The molecule has 4 rings (SSSR count). The molecule has 2 heterocycles. The van der Waals surface area contributed by atoms with Crippen LogP contribution in [0, 0.1) is 27.7 Å². The molecule has 154 valence electrons. The lowest BCUT2D eigenvalue weighted by Crippen LogP contribution is -2.44. The number of aromatic nitrogens is 1. The van der Waals surface area contributed by atoms with E-state index >= 15 is 0 Å². The zero-order valence-electron chi connectivity index (χ0n) is 17.7. The van der Waals surface area contributed by atoms with Crippen LogP contribution < -0.4 is 5.32 Å². The molecule has 0 radical (unpaired) electrons. The molecular formula is C24H25N3O2S. The summed E-state index contributed by atoms with van der Waals surface area (Å²) in [4.78, 5) is 32.6. The largest absolute Gasteiger partial charge is 0.324 e. The first kappa shape index (κ1) is 20.4. The summed E-state index contributed by atoms with van der Waals surface area (Å²) in [5.74, 6) is 0.781. The number of nitrogens with one attached hydrogen (secondary N) is 1. The van der Waals surface area contributed by atoms with E-state index in [0.29, 0.717) is 22.9 Å². The molecular weight excluding hydrogens is 394 g/mol. The molecule has 6 heteroatoms. The number of carbonyl (C=O) groups is 2. The highest BCUT2D eigenvalue weighted by molar-refractivity contribution is 7.99. The summed E-state index contributed by atoms with van der Waals surface area (Å²) in [6, 6.07) is 13.2. The zero-order chi connectivity index (χ0) is 21.4. The van der Waals surface area contributed by atoms with Gasteiger partial charge in [0.05, 0.1) is 22.7 Å². The maximum absolute atomic E-state index is 13.3. The Morgan fingerprint density at radius 2 is 1.83 bits per heavy atom. The highest BCUT2D eigenvalue weighted by atomic mass is 32.2. The minimum Gasteiger partial charge on any atom is -0.324 e. The normalized spacial score (nSPS) is 16.1. The molecule has 1 aliphatic heterocycles. The van der Waals surface area contributed by atoms with Crippen molar-refractivity contribution in [1.82, 2.24) is 9.88 Å². The summed E-state index contributed by atoms with van der Waals surface area (Å²) >= 11 is 1.59. The fourth-order valence-corrected chi connectivity index (χ4v) is 4.80. The van der Waals surface area contributed by atoms with Crippen LogP contribution in [-0.2, 0) is 4.79 Å². The van der Waals surface area contributed by atoms with Gasteiger partial charge < -0.3 is 10.2 Å². The van der Waals surface area contributed by atoms with Crippen LogP contribution in [-0.4, -0.2) is 39.4 Å². The molecule has 1 aromatic heterocycles. The van der Waals surface area contributed by atoms with Crippen LogP contribution in [0.5, 0.6) is 0 Å². The van der Waals surface area contributed by atoms with Crippen molar-refractivity contribution in [2.45, 2.75) is 33.7 Å². The average Bonchev–Trinajstić information content (AvgIpc) is 3.20. The van der Waals surface area contributed by atoms with Crippen LogP contribution >= 0.6 is 11.8 Å². The van der Waals surface area contributed by atoms with Gasteiger partial charge in [-0.2, -0.15) is 0 Å². The maximum Gasteiger partial charge on any atom is 0.257 e. The van der Waals surface area contributed by atoms with Crippen LogP contribution in [0.2, 0.25) is 0 Å². The summed E-state index contributed by atoms with van der Waals surface area (Å²) in [5.41, 5.74) is 6.30. The second kappa shape index (κ2) is 8.11. The lowest BCUT2D eigenvalue weighted by Gasteiger charge is -2.24. The van der Waals surface area contributed by atoms with Crippen LogP contribution in [0.25, 0.3) is 10.9 Å². The van der Waals surface area contributed by atoms with Gasteiger partial charge in [0.15, 0.2) is 0 Å². The van der Waals surface area contributed by atoms with Crippen molar-refractivity contribution in [3.05, 3.63) is 70.4 Å². The summed E-state index contributed by atoms with van der Waals surface area (Å²) in [5, 5.41) is 3.91. The van der Waals surface area contributed by atoms with Gasteiger partial charge in [-0.1, -0.05) is 18.2 Å². The van der Waals surface area contributed by atoms with Gasteiger partial charge in [-0.15, -0.1) is 11.8 Å². The van der Waals surface area contributed by atoms with E-state index in [2.05, 4.69) is 10.3 Å².